The van der Waals surface area contributed by atoms with Crippen LogP contribution >= 0.6 is 0 Å². The first-order chi connectivity index (χ1) is 13.4. The zero-order valence-electron chi connectivity index (χ0n) is 15.8. The Morgan fingerprint density at radius 3 is 2.14 bits per heavy atom. The summed E-state index contributed by atoms with van der Waals surface area (Å²) < 4.78 is 6.18. The van der Waals surface area contributed by atoms with E-state index in [2.05, 4.69) is 9.72 Å². The molecule has 0 amide bonds. The summed E-state index contributed by atoms with van der Waals surface area (Å²) in [5, 5.41) is 7.46. The van der Waals surface area contributed by atoms with Gasteiger partial charge in [0.2, 0.25) is 0 Å². The Kier molecular flexibility index (Phi) is 5.44. The smallest absolute Gasteiger partial charge is 0.326 e. The summed E-state index contributed by atoms with van der Waals surface area (Å²) >= 11 is 0. The predicted molar refractivity (Wildman–Crippen MR) is 108 cm³/mol. The second kappa shape index (κ2) is 7.96. The number of carbonyl (C=O) groups excluding carboxylic acids is 1. The molecule has 0 radical (unpaired) electrons. The maximum absolute atomic E-state index is 12.2. The molecule has 0 saturated carbocycles. The number of amidine groups is 1. The molecule has 7 heteroatoms. The summed E-state index contributed by atoms with van der Waals surface area (Å²) in [7, 11) is 1.33. The van der Waals surface area contributed by atoms with Crippen molar-refractivity contribution in [2.75, 3.05) is 7.11 Å². The van der Waals surface area contributed by atoms with Gasteiger partial charge in [-0.15, -0.1) is 0 Å². The molecular formula is C21H22N4O3. The fourth-order valence-corrected chi connectivity index (χ4v) is 3.08. The Balaban J connectivity index is 1.84. The Labute approximate surface area is 162 Å². The van der Waals surface area contributed by atoms with Crippen LogP contribution in [0.4, 0.5) is 0 Å². The van der Waals surface area contributed by atoms with Crippen molar-refractivity contribution in [1.82, 2.24) is 9.55 Å². The van der Waals surface area contributed by atoms with Crippen molar-refractivity contribution >= 4 is 11.8 Å². The lowest BCUT2D eigenvalue weighted by Gasteiger charge is -2.07. The summed E-state index contributed by atoms with van der Waals surface area (Å²) in [5.74, 6) is -0.313. The summed E-state index contributed by atoms with van der Waals surface area (Å²) in [6.07, 6.45) is 0.143. The van der Waals surface area contributed by atoms with Crippen molar-refractivity contribution in [1.29, 1.82) is 5.41 Å². The highest BCUT2D eigenvalue weighted by atomic mass is 16.5. The number of hydrogen-bond acceptors (Lipinski definition) is 4. The molecule has 0 spiro atoms. The van der Waals surface area contributed by atoms with Crippen LogP contribution < -0.4 is 11.4 Å². The number of hydrogen-bond donors (Lipinski definition) is 3. The maximum atomic E-state index is 12.2. The number of rotatable bonds is 6. The Morgan fingerprint density at radius 1 is 1.07 bits per heavy atom. The SMILES string of the molecule is COC(=O)CCn1c(C)c(-c2ccc(-c3ccc(C(=N)N)cc3)cc2)[nH]c1=O. The number of aromatic amines is 1. The minimum Gasteiger partial charge on any atom is -0.469 e. The van der Waals surface area contributed by atoms with Gasteiger partial charge in [-0.1, -0.05) is 48.5 Å². The minimum atomic E-state index is -0.353. The number of nitrogens with zero attached hydrogens (tertiary/aromatic N) is 1. The van der Waals surface area contributed by atoms with E-state index in [1.165, 1.54) is 7.11 Å². The van der Waals surface area contributed by atoms with Gasteiger partial charge < -0.3 is 15.5 Å². The number of nitrogens with one attached hydrogen (secondary N) is 2. The molecule has 7 nitrogen and oxygen atoms in total. The number of esters is 1. The van der Waals surface area contributed by atoms with E-state index < -0.39 is 0 Å². The van der Waals surface area contributed by atoms with Gasteiger partial charge in [0, 0.05) is 17.8 Å². The standard InChI is InChI=1S/C21H22N4O3/c1-13-19(24-21(27)25(13)12-11-18(26)28-2)16-7-3-14(4-8-16)15-5-9-17(10-6-15)20(22)23/h3-10H,11-12H2,1-2H3,(H3,22,23)(H,24,27). The average Bonchev–Trinajstić information content (AvgIpc) is 3.00. The number of imidazole rings is 1. The van der Waals surface area contributed by atoms with E-state index in [4.69, 9.17) is 11.1 Å². The number of ether oxygens (including phenoxy) is 1. The molecule has 1 heterocycles. The first kappa shape index (κ1) is 19.2. The second-order valence-corrected chi connectivity index (χ2v) is 6.44. The molecule has 0 unspecified atom stereocenters. The van der Waals surface area contributed by atoms with Crippen molar-refractivity contribution in [3.63, 3.8) is 0 Å². The largest absolute Gasteiger partial charge is 0.469 e. The third-order valence-corrected chi connectivity index (χ3v) is 4.71. The van der Waals surface area contributed by atoms with E-state index in [1.807, 2.05) is 55.5 Å². The van der Waals surface area contributed by atoms with E-state index >= 15 is 0 Å². The van der Waals surface area contributed by atoms with Crippen LogP contribution in [0.15, 0.2) is 53.3 Å². The molecule has 0 fully saturated rings. The molecule has 0 aliphatic heterocycles. The average molecular weight is 378 g/mol. The van der Waals surface area contributed by atoms with Crippen LogP contribution in [0.25, 0.3) is 22.4 Å². The third-order valence-electron chi connectivity index (χ3n) is 4.71. The second-order valence-electron chi connectivity index (χ2n) is 6.44. The van der Waals surface area contributed by atoms with Crippen LogP contribution in [0.5, 0.6) is 0 Å². The van der Waals surface area contributed by atoms with Crippen molar-refractivity contribution in [2.45, 2.75) is 19.9 Å². The van der Waals surface area contributed by atoms with Crippen LogP contribution in [0, 0.1) is 12.3 Å². The molecule has 0 bridgehead atoms. The van der Waals surface area contributed by atoms with E-state index in [0.717, 1.165) is 28.1 Å². The van der Waals surface area contributed by atoms with Crippen LogP contribution in [0.3, 0.4) is 0 Å². The minimum absolute atomic E-state index is 0.0399. The molecule has 28 heavy (non-hydrogen) atoms. The van der Waals surface area contributed by atoms with Gasteiger partial charge in [0.1, 0.15) is 5.84 Å². The molecular weight excluding hydrogens is 356 g/mol. The highest BCUT2D eigenvalue weighted by Gasteiger charge is 2.13. The summed E-state index contributed by atoms with van der Waals surface area (Å²) in [6, 6.07) is 15.3. The van der Waals surface area contributed by atoms with Gasteiger partial charge in [-0.3, -0.25) is 14.8 Å². The van der Waals surface area contributed by atoms with Gasteiger partial charge >= 0.3 is 11.7 Å². The topological polar surface area (TPSA) is 114 Å². The van der Waals surface area contributed by atoms with Crippen LogP contribution in [-0.2, 0) is 16.1 Å². The molecule has 0 saturated heterocycles. The molecule has 144 valence electrons. The van der Waals surface area contributed by atoms with Gasteiger partial charge in [0.05, 0.1) is 19.2 Å². The summed E-state index contributed by atoms with van der Waals surface area (Å²) in [5.41, 5.74) is 10.3. The number of methoxy groups -OCH3 is 1. The summed E-state index contributed by atoms with van der Waals surface area (Å²) in [4.78, 5) is 26.5. The number of benzene rings is 2. The zero-order chi connectivity index (χ0) is 20.3. The zero-order valence-corrected chi connectivity index (χ0v) is 15.8. The Bertz CT molecular complexity index is 1060. The van der Waals surface area contributed by atoms with Crippen molar-refractivity contribution < 1.29 is 9.53 Å². The Morgan fingerprint density at radius 2 is 1.61 bits per heavy atom. The van der Waals surface area contributed by atoms with Crippen LogP contribution in [-0.4, -0.2) is 28.5 Å². The molecule has 2 aromatic carbocycles. The van der Waals surface area contributed by atoms with Crippen LogP contribution in [0.2, 0.25) is 0 Å². The highest BCUT2D eigenvalue weighted by molar-refractivity contribution is 5.95. The van der Waals surface area contributed by atoms with E-state index in [-0.39, 0.29) is 30.5 Å². The fourth-order valence-electron chi connectivity index (χ4n) is 3.08. The van der Waals surface area contributed by atoms with Gasteiger partial charge in [0.15, 0.2) is 0 Å². The molecule has 1 aromatic heterocycles. The monoisotopic (exact) mass is 378 g/mol. The number of nitrogen functional groups attached to an aromatic ring is 1. The van der Waals surface area contributed by atoms with Gasteiger partial charge in [-0.25, -0.2) is 4.79 Å². The first-order valence-electron chi connectivity index (χ1n) is 8.82. The van der Waals surface area contributed by atoms with E-state index in [0.29, 0.717) is 5.56 Å². The molecule has 0 aliphatic carbocycles. The van der Waals surface area contributed by atoms with Crippen LogP contribution in [0.1, 0.15) is 17.7 Å². The highest BCUT2D eigenvalue weighted by Crippen LogP contribution is 2.25. The number of aromatic nitrogens is 2. The molecule has 3 aromatic rings. The number of nitrogens with two attached hydrogens (primary N) is 1. The van der Waals surface area contributed by atoms with E-state index in [1.54, 1.807) is 4.57 Å². The van der Waals surface area contributed by atoms with Crippen molar-refractivity contribution in [2.24, 2.45) is 5.73 Å². The molecule has 0 atom stereocenters. The summed E-state index contributed by atoms with van der Waals surface area (Å²) in [6.45, 7) is 2.12. The van der Waals surface area contributed by atoms with Gasteiger partial charge in [-0.2, -0.15) is 0 Å². The number of carbonyl (C=O) groups is 1. The number of H-pyrrole nitrogens is 1. The normalized spacial score (nSPS) is 10.6. The maximum Gasteiger partial charge on any atom is 0.326 e. The molecule has 4 N–H and O–H groups in total. The predicted octanol–water partition coefficient (Wildman–Crippen LogP) is 2.67. The lowest BCUT2D eigenvalue weighted by Crippen LogP contribution is -2.20. The van der Waals surface area contributed by atoms with Gasteiger partial charge in [-0.05, 0) is 23.6 Å². The Hall–Kier alpha value is -3.61. The third kappa shape index (κ3) is 3.88. The van der Waals surface area contributed by atoms with Crippen molar-refractivity contribution in [3.8, 4) is 22.4 Å². The first-order valence-corrected chi connectivity index (χ1v) is 8.82. The lowest BCUT2D eigenvalue weighted by molar-refractivity contribution is -0.140. The van der Waals surface area contributed by atoms with E-state index in [9.17, 15) is 9.59 Å². The molecule has 3 rings (SSSR count). The van der Waals surface area contributed by atoms with Gasteiger partial charge in [0.25, 0.3) is 0 Å². The quantitative estimate of drug-likeness (QED) is 0.347. The molecule has 0 aliphatic rings. The fraction of sp³-hybridized carbons (Fsp3) is 0.190. The van der Waals surface area contributed by atoms with Crippen molar-refractivity contribution in [3.05, 3.63) is 70.3 Å². The lowest BCUT2D eigenvalue weighted by atomic mass is 10.0.